The number of para-hydroxylation sites is 1. The molecule has 0 aliphatic carbocycles. The maximum atomic E-state index is 11.9. The molecular formula is C18H16ClNO5. The van der Waals surface area contributed by atoms with Crippen molar-refractivity contribution < 1.29 is 24.2 Å². The average molecular weight is 362 g/mol. The third-order valence-corrected chi connectivity index (χ3v) is 3.43. The molecule has 0 aromatic heterocycles. The highest BCUT2D eigenvalue weighted by Gasteiger charge is 2.11. The minimum Gasteiger partial charge on any atom is -0.493 e. The van der Waals surface area contributed by atoms with Crippen LogP contribution in [0.2, 0.25) is 5.02 Å². The Morgan fingerprint density at radius 1 is 1.20 bits per heavy atom. The van der Waals surface area contributed by atoms with Crippen molar-refractivity contribution in [3.8, 4) is 11.5 Å². The number of carboxylic acid groups (broad SMARTS) is 1. The lowest BCUT2D eigenvalue weighted by Crippen LogP contribution is -2.20. The van der Waals surface area contributed by atoms with Crippen LogP contribution < -0.4 is 14.8 Å². The zero-order valence-corrected chi connectivity index (χ0v) is 14.1. The van der Waals surface area contributed by atoms with Crippen LogP contribution in [0.1, 0.15) is 5.56 Å². The van der Waals surface area contributed by atoms with E-state index in [2.05, 4.69) is 5.32 Å². The van der Waals surface area contributed by atoms with Crippen LogP contribution in [-0.4, -0.2) is 30.7 Å². The Bertz CT molecular complexity index is 790. The number of ether oxygens (including phenoxy) is 2. The van der Waals surface area contributed by atoms with Gasteiger partial charge in [0, 0.05) is 17.8 Å². The zero-order chi connectivity index (χ0) is 18.2. The van der Waals surface area contributed by atoms with Crippen LogP contribution >= 0.6 is 11.6 Å². The van der Waals surface area contributed by atoms with E-state index >= 15 is 0 Å². The largest absolute Gasteiger partial charge is 0.493 e. The summed E-state index contributed by atoms with van der Waals surface area (Å²) >= 11 is 6.11. The highest BCUT2D eigenvalue weighted by atomic mass is 35.5. The molecule has 2 aromatic carbocycles. The van der Waals surface area contributed by atoms with Gasteiger partial charge in [-0.15, -0.1) is 0 Å². The van der Waals surface area contributed by atoms with Gasteiger partial charge in [-0.3, -0.25) is 4.79 Å². The first kappa shape index (κ1) is 18.4. The van der Waals surface area contributed by atoms with Crippen molar-refractivity contribution in [1.82, 2.24) is 0 Å². The van der Waals surface area contributed by atoms with E-state index in [1.165, 1.54) is 25.3 Å². The van der Waals surface area contributed by atoms with E-state index in [1.54, 1.807) is 12.1 Å². The van der Waals surface area contributed by atoms with Gasteiger partial charge in [0.05, 0.1) is 12.1 Å². The van der Waals surface area contributed by atoms with Gasteiger partial charge < -0.3 is 19.9 Å². The number of aliphatic carboxylic acids is 1. The molecule has 2 rings (SSSR count). The number of halogens is 1. The van der Waals surface area contributed by atoms with Gasteiger partial charge in [0.1, 0.15) is 0 Å². The fraction of sp³-hybridized carbons (Fsp3) is 0.111. The van der Waals surface area contributed by atoms with Gasteiger partial charge in [0.25, 0.3) is 5.91 Å². The van der Waals surface area contributed by atoms with Gasteiger partial charge >= 0.3 is 5.97 Å². The average Bonchev–Trinajstić information content (AvgIpc) is 2.59. The molecule has 0 saturated heterocycles. The fourth-order valence-electron chi connectivity index (χ4n) is 1.97. The summed E-state index contributed by atoms with van der Waals surface area (Å²) < 4.78 is 10.7. The first-order valence-corrected chi connectivity index (χ1v) is 7.63. The summed E-state index contributed by atoms with van der Waals surface area (Å²) in [6.07, 6.45) is 2.31. The van der Waals surface area contributed by atoms with E-state index in [1.807, 2.05) is 18.2 Å². The number of benzene rings is 2. The van der Waals surface area contributed by atoms with E-state index in [-0.39, 0.29) is 23.3 Å². The number of rotatable bonds is 7. The second kappa shape index (κ2) is 8.75. The monoisotopic (exact) mass is 361 g/mol. The molecule has 7 heteroatoms. The maximum Gasteiger partial charge on any atom is 0.328 e. The number of amides is 1. The number of carbonyl (C=O) groups is 2. The van der Waals surface area contributed by atoms with Crippen molar-refractivity contribution in [1.29, 1.82) is 0 Å². The van der Waals surface area contributed by atoms with Crippen LogP contribution in [0.15, 0.2) is 48.5 Å². The molecule has 0 fully saturated rings. The third-order valence-electron chi connectivity index (χ3n) is 3.10. The number of hydrogen-bond donors (Lipinski definition) is 2. The quantitative estimate of drug-likeness (QED) is 0.738. The lowest BCUT2D eigenvalue weighted by Gasteiger charge is -2.12. The summed E-state index contributed by atoms with van der Waals surface area (Å²) in [5.74, 6) is -0.808. The molecule has 130 valence electrons. The summed E-state index contributed by atoms with van der Waals surface area (Å²) in [7, 11) is 1.44. The summed E-state index contributed by atoms with van der Waals surface area (Å²) in [6.45, 7) is -0.230. The number of anilines is 1. The van der Waals surface area contributed by atoms with Crippen molar-refractivity contribution in [2.24, 2.45) is 0 Å². The standard InChI is InChI=1S/C18H16ClNO5/c1-24-15-9-12(7-8-18(22)23)14(19)10-16(15)25-11-17(21)20-13-5-3-2-4-6-13/h2-10H,11H2,1H3,(H,20,21)(H,22,23). The Morgan fingerprint density at radius 3 is 2.56 bits per heavy atom. The lowest BCUT2D eigenvalue weighted by molar-refractivity contribution is -0.131. The predicted octanol–water partition coefficient (Wildman–Crippen LogP) is 3.46. The van der Waals surface area contributed by atoms with Gasteiger partial charge in [-0.05, 0) is 29.8 Å². The fourth-order valence-corrected chi connectivity index (χ4v) is 2.19. The summed E-state index contributed by atoms with van der Waals surface area (Å²) in [5, 5.41) is 11.7. The van der Waals surface area contributed by atoms with Gasteiger partial charge in [-0.1, -0.05) is 29.8 Å². The van der Waals surface area contributed by atoms with E-state index < -0.39 is 5.97 Å². The topological polar surface area (TPSA) is 84.9 Å². The number of carboxylic acids is 1. The van der Waals surface area contributed by atoms with E-state index in [0.29, 0.717) is 17.0 Å². The number of hydrogen-bond acceptors (Lipinski definition) is 4. The number of carbonyl (C=O) groups excluding carboxylic acids is 1. The molecule has 0 bridgehead atoms. The van der Waals surface area contributed by atoms with E-state index in [4.69, 9.17) is 26.2 Å². The molecule has 2 aromatic rings. The predicted molar refractivity (Wildman–Crippen MR) is 95.2 cm³/mol. The van der Waals surface area contributed by atoms with Crippen LogP contribution in [0.4, 0.5) is 5.69 Å². The van der Waals surface area contributed by atoms with E-state index in [0.717, 1.165) is 6.08 Å². The van der Waals surface area contributed by atoms with Gasteiger partial charge in [0.15, 0.2) is 18.1 Å². The minimum atomic E-state index is -1.09. The molecular weight excluding hydrogens is 346 g/mol. The second-order valence-electron chi connectivity index (χ2n) is 4.90. The third kappa shape index (κ3) is 5.54. The van der Waals surface area contributed by atoms with Gasteiger partial charge in [0.2, 0.25) is 0 Å². The number of nitrogens with one attached hydrogen (secondary N) is 1. The Morgan fingerprint density at radius 2 is 1.92 bits per heavy atom. The van der Waals surface area contributed by atoms with Crippen molar-refractivity contribution in [2.75, 3.05) is 19.0 Å². The molecule has 0 saturated carbocycles. The molecule has 0 spiro atoms. The molecule has 0 aliphatic rings. The first-order valence-electron chi connectivity index (χ1n) is 7.26. The highest BCUT2D eigenvalue weighted by Crippen LogP contribution is 2.34. The highest BCUT2D eigenvalue weighted by molar-refractivity contribution is 6.32. The second-order valence-corrected chi connectivity index (χ2v) is 5.31. The Hall–Kier alpha value is -2.99. The first-order chi connectivity index (χ1) is 12.0. The van der Waals surface area contributed by atoms with Crippen LogP contribution in [0, 0.1) is 0 Å². The zero-order valence-electron chi connectivity index (χ0n) is 13.4. The molecule has 2 N–H and O–H groups in total. The molecule has 0 aliphatic heterocycles. The summed E-state index contributed by atoms with van der Waals surface area (Å²) in [4.78, 5) is 22.5. The summed E-state index contributed by atoms with van der Waals surface area (Å²) in [6, 6.07) is 12.0. The Labute approximate surface area is 149 Å². The summed E-state index contributed by atoms with van der Waals surface area (Å²) in [5.41, 5.74) is 1.12. The SMILES string of the molecule is COc1cc(C=CC(=O)O)c(Cl)cc1OCC(=O)Nc1ccccc1. The lowest BCUT2D eigenvalue weighted by atomic mass is 10.2. The van der Waals surface area contributed by atoms with E-state index in [9.17, 15) is 9.59 Å². The maximum absolute atomic E-state index is 11.9. The van der Waals surface area contributed by atoms with Crippen LogP contribution in [0.25, 0.3) is 6.08 Å². The van der Waals surface area contributed by atoms with Gasteiger partial charge in [-0.25, -0.2) is 4.79 Å². The molecule has 0 atom stereocenters. The normalized spacial score (nSPS) is 10.5. The van der Waals surface area contributed by atoms with Crippen molar-refractivity contribution in [3.63, 3.8) is 0 Å². The molecule has 25 heavy (non-hydrogen) atoms. The van der Waals surface area contributed by atoms with Crippen LogP contribution in [-0.2, 0) is 9.59 Å². The molecule has 1 amide bonds. The van der Waals surface area contributed by atoms with Crippen molar-refractivity contribution >= 4 is 35.2 Å². The van der Waals surface area contributed by atoms with Gasteiger partial charge in [-0.2, -0.15) is 0 Å². The molecule has 0 radical (unpaired) electrons. The molecule has 6 nitrogen and oxygen atoms in total. The Balaban J connectivity index is 2.07. The van der Waals surface area contributed by atoms with Crippen molar-refractivity contribution in [2.45, 2.75) is 0 Å². The smallest absolute Gasteiger partial charge is 0.328 e. The molecule has 0 heterocycles. The van der Waals surface area contributed by atoms with Crippen molar-refractivity contribution in [3.05, 3.63) is 59.1 Å². The number of methoxy groups -OCH3 is 1. The molecule has 0 unspecified atom stereocenters. The van der Waals surface area contributed by atoms with Crippen LogP contribution in [0.5, 0.6) is 11.5 Å². The minimum absolute atomic E-state index is 0.230. The van der Waals surface area contributed by atoms with Crippen LogP contribution in [0.3, 0.4) is 0 Å². The Kier molecular flexibility index (Phi) is 6.42.